The smallest absolute Gasteiger partial charge is 0.326 e. The number of para-hydroxylation sites is 2. The van der Waals surface area contributed by atoms with E-state index in [0.717, 1.165) is 69.4 Å². The molecule has 0 saturated carbocycles. The van der Waals surface area contributed by atoms with Crippen LogP contribution in [0.5, 0.6) is 0 Å². The minimum atomic E-state index is -0.0447. The normalized spacial score (nSPS) is 19.3. The van der Waals surface area contributed by atoms with Crippen LogP contribution in [0.2, 0.25) is 0 Å². The topological polar surface area (TPSA) is 66.3 Å². The quantitative estimate of drug-likeness (QED) is 0.705. The molecule has 0 aliphatic carbocycles. The van der Waals surface area contributed by atoms with Crippen molar-refractivity contribution in [3.05, 3.63) is 58.8 Å². The highest BCUT2D eigenvalue weighted by atomic mass is 16.2. The fourth-order valence-electron chi connectivity index (χ4n) is 5.29. The summed E-state index contributed by atoms with van der Waals surface area (Å²) in [6.07, 6.45) is 7.79. The number of carbonyl (C=O) groups is 1. The minimum Gasteiger partial charge on any atom is -0.357 e. The Bertz CT molecular complexity index is 1110. The van der Waals surface area contributed by atoms with Gasteiger partial charge in [0.2, 0.25) is 5.91 Å². The van der Waals surface area contributed by atoms with Gasteiger partial charge in [0, 0.05) is 51.0 Å². The predicted octanol–water partition coefficient (Wildman–Crippen LogP) is 2.74. The molecular weight excluding hydrogens is 390 g/mol. The van der Waals surface area contributed by atoms with Gasteiger partial charge in [0.15, 0.2) is 0 Å². The molecule has 2 aliphatic rings. The number of likely N-dealkylation sites (tertiary alicyclic amines) is 2. The van der Waals surface area contributed by atoms with Crippen LogP contribution in [0, 0.1) is 5.92 Å². The summed E-state index contributed by atoms with van der Waals surface area (Å²) in [7, 11) is 2.05. The number of rotatable bonds is 4. The lowest BCUT2D eigenvalue weighted by molar-refractivity contribution is -0.138. The number of imidazole rings is 1. The number of hydrogen-bond donors (Lipinski definition) is 1. The van der Waals surface area contributed by atoms with E-state index in [0.29, 0.717) is 5.91 Å². The van der Waals surface area contributed by atoms with Crippen molar-refractivity contribution in [1.82, 2.24) is 23.9 Å². The SMILES string of the molecule is Cn1ccc(CN2CCC(C(=O)N3CCC(n4c(=O)[nH]c5ccccc54)CC3)CC2)c1. The molecular formula is C24H31N5O2. The minimum absolute atomic E-state index is 0.0447. The van der Waals surface area contributed by atoms with E-state index in [1.165, 1.54) is 5.56 Å². The Labute approximate surface area is 182 Å². The Morgan fingerprint density at radius 2 is 1.77 bits per heavy atom. The van der Waals surface area contributed by atoms with Gasteiger partial charge in [-0.25, -0.2) is 4.79 Å². The lowest BCUT2D eigenvalue weighted by Crippen LogP contribution is -2.46. The van der Waals surface area contributed by atoms with E-state index in [1.54, 1.807) is 0 Å². The summed E-state index contributed by atoms with van der Waals surface area (Å²) in [6.45, 7) is 4.39. The van der Waals surface area contributed by atoms with E-state index in [-0.39, 0.29) is 17.6 Å². The number of hydrogen-bond acceptors (Lipinski definition) is 3. The third kappa shape index (κ3) is 4.06. The zero-order valence-corrected chi connectivity index (χ0v) is 18.2. The van der Waals surface area contributed by atoms with Gasteiger partial charge in [0.25, 0.3) is 0 Å². The van der Waals surface area contributed by atoms with E-state index in [9.17, 15) is 9.59 Å². The number of piperidine rings is 2. The second kappa shape index (κ2) is 8.38. The van der Waals surface area contributed by atoms with Crippen LogP contribution in [0.4, 0.5) is 0 Å². The molecule has 7 heteroatoms. The van der Waals surface area contributed by atoms with Crippen molar-refractivity contribution >= 4 is 16.9 Å². The average Bonchev–Trinajstić information content (AvgIpc) is 3.35. The zero-order valence-electron chi connectivity index (χ0n) is 18.2. The molecule has 0 radical (unpaired) electrons. The van der Waals surface area contributed by atoms with Gasteiger partial charge in [-0.15, -0.1) is 0 Å². The first kappa shape index (κ1) is 20.1. The van der Waals surface area contributed by atoms with Gasteiger partial charge in [-0.2, -0.15) is 0 Å². The number of carbonyl (C=O) groups excluding carboxylic acids is 1. The lowest BCUT2D eigenvalue weighted by Gasteiger charge is -2.37. The summed E-state index contributed by atoms with van der Waals surface area (Å²) in [4.78, 5) is 33.1. The Morgan fingerprint density at radius 1 is 1.03 bits per heavy atom. The molecule has 0 spiro atoms. The molecule has 2 aliphatic heterocycles. The molecule has 31 heavy (non-hydrogen) atoms. The molecule has 164 valence electrons. The van der Waals surface area contributed by atoms with Gasteiger partial charge in [0.05, 0.1) is 11.0 Å². The van der Waals surface area contributed by atoms with Crippen LogP contribution >= 0.6 is 0 Å². The maximum atomic E-state index is 13.1. The number of aromatic nitrogens is 3. The van der Waals surface area contributed by atoms with Crippen LogP contribution in [-0.4, -0.2) is 56.0 Å². The second-order valence-corrected chi connectivity index (χ2v) is 9.11. The summed E-state index contributed by atoms with van der Waals surface area (Å²) >= 11 is 0. The van der Waals surface area contributed by atoms with Gasteiger partial charge < -0.3 is 14.5 Å². The van der Waals surface area contributed by atoms with Gasteiger partial charge in [-0.3, -0.25) is 14.3 Å². The van der Waals surface area contributed by atoms with Crippen LogP contribution in [0.15, 0.2) is 47.5 Å². The van der Waals surface area contributed by atoms with Crippen LogP contribution in [0.1, 0.15) is 37.3 Å². The summed E-state index contributed by atoms with van der Waals surface area (Å²) in [6, 6.07) is 10.2. The van der Waals surface area contributed by atoms with Crippen molar-refractivity contribution in [2.45, 2.75) is 38.3 Å². The van der Waals surface area contributed by atoms with Gasteiger partial charge in [0.1, 0.15) is 0 Å². The number of amides is 1. The van der Waals surface area contributed by atoms with E-state index < -0.39 is 0 Å². The van der Waals surface area contributed by atoms with Crippen LogP contribution in [0.3, 0.4) is 0 Å². The molecule has 2 saturated heterocycles. The third-order valence-corrected chi connectivity index (χ3v) is 7.00. The number of nitrogens with zero attached hydrogens (tertiary/aromatic N) is 4. The molecule has 4 heterocycles. The summed E-state index contributed by atoms with van der Waals surface area (Å²) in [5, 5.41) is 0. The molecule has 0 bridgehead atoms. The molecule has 3 aromatic rings. The number of aromatic amines is 1. The lowest BCUT2D eigenvalue weighted by atomic mass is 9.93. The standard InChI is InChI=1S/C24H31N5O2/c1-26-11-6-18(16-26)17-27-12-7-19(8-13-27)23(30)28-14-9-20(10-15-28)29-22-5-3-2-4-21(22)25-24(29)31/h2-6,11,16,19-20H,7-10,12-15,17H2,1H3,(H,25,31). The Hall–Kier alpha value is -2.80. The van der Waals surface area contributed by atoms with Gasteiger partial charge in [-0.05, 0) is 62.5 Å². The summed E-state index contributed by atoms with van der Waals surface area (Å²) < 4.78 is 3.97. The van der Waals surface area contributed by atoms with Crippen LogP contribution < -0.4 is 5.69 Å². The maximum Gasteiger partial charge on any atom is 0.326 e. The van der Waals surface area contributed by atoms with Crippen molar-refractivity contribution in [2.24, 2.45) is 13.0 Å². The Kier molecular flexibility index (Phi) is 5.44. The molecule has 2 fully saturated rings. The molecule has 0 atom stereocenters. The monoisotopic (exact) mass is 421 g/mol. The maximum absolute atomic E-state index is 13.1. The summed E-state index contributed by atoms with van der Waals surface area (Å²) in [5.74, 6) is 0.448. The molecule has 5 rings (SSSR count). The number of aryl methyl sites for hydroxylation is 1. The van der Waals surface area contributed by atoms with Crippen molar-refractivity contribution in [3.63, 3.8) is 0 Å². The van der Waals surface area contributed by atoms with E-state index in [4.69, 9.17) is 0 Å². The first-order valence-electron chi connectivity index (χ1n) is 11.4. The molecule has 7 nitrogen and oxygen atoms in total. The second-order valence-electron chi connectivity index (χ2n) is 9.11. The molecule has 1 aromatic carbocycles. The van der Waals surface area contributed by atoms with Crippen molar-refractivity contribution in [2.75, 3.05) is 26.2 Å². The highest BCUT2D eigenvalue weighted by Crippen LogP contribution is 2.28. The average molecular weight is 422 g/mol. The Morgan fingerprint density at radius 3 is 2.48 bits per heavy atom. The molecule has 2 aromatic heterocycles. The fourth-order valence-corrected chi connectivity index (χ4v) is 5.29. The highest BCUT2D eigenvalue weighted by Gasteiger charge is 2.32. The first-order chi connectivity index (χ1) is 15.1. The van der Waals surface area contributed by atoms with Gasteiger partial charge >= 0.3 is 5.69 Å². The molecule has 1 amide bonds. The van der Waals surface area contributed by atoms with Crippen molar-refractivity contribution in [3.8, 4) is 0 Å². The zero-order chi connectivity index (χ0) is 21.4. The number of benzene rings is 1. The van der Waals surface area contributed by atoms with Crippen molar-refractivity contribution < 1.29 is 4.79 Å². The van der Waals surface area contributed by atoms with Crippen LogP contribution in [-0.2, 0) is 18.4 Å². The third-order valence-electron chi connectivity index (χ3n) is 7.00. The predicted molar refractivity (Wildman–Crippen MR) is 121 cm³/mol. The van der Waals surface area contributed by atoms with E-state index >= 15 is 0 Å². The number of H-pyrrole nitrogens is 1. The number of nitrogens with one attached hydrogen (secondary N) is 1. The molecule has 0 unspecified atom stereocenters. The van der Waals surface area contributed by atoms with Gasteiger partial charge in [-0.1, -0.05) is 12.1 Å². The first-order valence-corrected chi connectivity index (χ1v) is 11.4. The highest BCUT2D eigenvalue weighted by molar-refractivity contribution is 5.79. The van der Waals surface area contributed by atoms with E-state index in [2.05, 4.69) is 32.9 Å². The van der Waals surface area contributed by atoms with E-state index in [1.807, 2.05) is 40.8 Å². The van der Waals surface area contributed by atoms with Crippen LogP contribution in [0.25, 0.3) is 11.0 Å². The summed E-state index contributed by atoms with van der Waals surface area (Å²) in [5.41, 5.74) is 3.13. The fraction of sp³-hybridized carbons (Fsp3) is 0.500. The Balaban J connectivity index is 1.15. The number of fused-ring (bicyclic) bond motifs is 1. The largest absolute Gasteiger partial charge is 0.357 e. The van der Waals surface area contributed by atoms with Crippen molar-refractivity contribution in [1.29, 1.82) is 0 Å². The molecule has 1 N–H and O–H groups in total.